The second kappa shape index (κ2) is 8.16. The summed E-state index contributed by atoms with van der Waals surface area (Å²) in [5.74, 6) is 0. The Labute approximate surface area is 136 Å². The maximum absolute atomic E-state index is 9.33. The van der Waals surface area contributed by atoms with Crippen molar-refractivity contribution in [1.82, 2.24) is 5.32 Å². The molecule has 0 radical (unpaired) electrons. The van der Waals surface area contributed by atoms with Crippen molar-refractivity contribution >= 4 is 21.6 Å². The van der Waals surface area contributed by atoms with Crippen LogP contribution in [0.25, 0.3) is 0 Å². The number of benzene rings is 1. The van der Waals surface area contributed by atoms with Gasteiger partial charge in [0.15, 0.2) is 0 Å². The third kappa shape index (κ3) is 4.21. The Bertz CT molecular complexity index is 448. The van der Waals surface area contributed by atoms with Crippen molar-refractivity contribution in [2.24, 2.45) is 0 Å². The molecule has 4 heteroatoms. The Kier molecular flexibility index (Phi) is 6.52. The molecule has 1 saturated carbocycles. The van der Waals surface area contributed by atoms with Crippen molar-refractivity contribution in [1.29, 1.82) is 0 Å². The summed E-state index contributed by atoms with van der Waals surface area (Å²) >= 11 is 3.72. The molecule has 1 atom stereocenters. The summed E-state index contributed by atoms with van der Waals surface area (Å²) in [6, 6.07) is 7.57. The second-order valence-corrected chi connectivity index (χ2v) is 6.74. The maximum atomic E-state index is 9.33. The van der Waals surface area contributed by atoms with E-state index in [0.29, 0.717) is 18.6 Å². The number of aliphatic hydroxyl groups excluding tert-OH is 1. The van der Waals surface area contributed by atoms with Crippen molar-refractivity contribution in [3.05, 3.63) is 28.2 Å². The van der Waals surface area contributed by atoms with Gasteiger partial charge in [0.1, 0.15) is 0 Å². The quantitative estimate of drug-likeness (QED) is 0.743. The smallest absolute Gasteiger partial charge is 0.0606 e. The molecule has 0 saturated heterocycles. The molecule has 1 aliphatic carbocycles. The van der Waals surface area contributed by atoms with Crippen molar-refractivity contribution in [2.45, 2.75) is 51.6 Å². The van der Waals surface area contributed by atoms with E-state index in [4.69, 9.17) is 0 Å². The van der Waals surface area contributed by atoms with Crippen LogP contribution in [0.3, 0.4) is 0 Å². The highest BCUT2D eigenvalue weighted by Crippen LogP contribution is 2.35. The highest BCUT2D eigenvalue weighted by Gasteiger charge is 2.26. The molecule has 3 nitrogen and oxygen atoms in total. The van der Waals surface area contributed by atoms with E-state index in [1.165, 1.54) is 30.5 Å². The second-order valence-electron chi connectivity index (χ2n) is 5.89. The van der Waals surface area contributed by atoms with E-state index in [0.717, 1.165) is 17.4 Å². The molecule has 118 valence electrons. The Morgan fingerprint density at radius 1 is 1.43 bits per heavy atom. The lowest BCUT2D eigenvalue weighted by Crippen LogP contribution is -2.42. The van der Waals surface area contributed by atoms with Gasteiger partial charge < -0.3 is 15.3 Å². The molecule has 2 rings (SSSR count). The number of rotatable bonds is 8. The molecule has 0 bridgehead atoms. The van der Waals surface area contributed by atoms with Crippen LogP contribution in [0.5, 0.6) is 0 Å². The number of halogens is 1. The number of aliphatic hydroxyl groups is 1. The van der Waals surface area contributed by atoms with Crippen LogP contribution in [-0.2, 0) is 0 Å². The van der Waals surface area contributed by atoms with Crippen LogP contribution in [0.15, 0.2) is 22.7 Å². The zero-order valence-electron chi connectivity index (χ0n) is 13.1. The Balaban J connectivity index is 2.13. The molecule has 0 heterocycles. The van der Waals surface area contributed by atoms with Crippen LogP contribution < -0.4 is 10.2 Å². The van der Waals surface area contributed by atoms with E-state index in [1.54, 1.807) is 0 Å². The lowest BCUT2D eigenvalue weighted by Gasteiger charge is -2.39. The van der Waals surface area contributed by atoms with Crippen LogP contribution >= 0.6 is 15.9 Å². The fourth-order valence-corrected chi connectivity index (χ4v) is 3.43. The molecule has 0 aromatic heterocycles. The minimum atomic E-state index is 0.207. The SMILES string of the molecule is CCCNC(C)c1ccc(N(CCO)C2CCC2)c(Br)c1. The molecule has 0 aliphatic heterocycles. The molecule has 1 aromatic rings. The van der Waals surface area contributed by atoms with Gasteiger partial charge in [0, 0.05) is 23.1 Å². The summed E-state index contributed by atoms with van der Waals surface area (Å²) in [6.45, 7) is 6.35. The molecule has 1 aromatic carbocycles. The zero-order valence-corrected chi connectivity index (χ0v) is 14.7. The van der Waals surface area contributed by atoms with E-state index in [2.05, 4.69) is 58.2 Å². The lowest BCUT2D eigenvalue weighted by atomic mass is 9.91. The Morgan fingerprint density at radius 2 is 2.19 bits per heavy atom. The standard InChI is InChI=1S/C17H27BrN2O/c1-3-9-19-13(2)14-7-8-17(16(18)12-14)20(10-11-21)15-5-4-6-15/h7-8,12-13,15,19,21H,3-6,9-11H2,1-2H3. The predicted molar refractivity (Wildman–Crippen MR) is 92.9 cm³/mol. The van der Waals surface area contributed by atoms with E-state index >= 15 is 0 Å². The van der Waals surface area contributed by atoms with E-state index < -0.39 is 0 Å². The zero-order chi connectivity index (χ0) is 15.2. The normalized spacial score (nSPS) is 16.6. The molecule has 0 amide bonds. The number of nitrogens with one attached hydrogen (secondary N) is 1. The Morgan fingerprint density at radius 3 is 2.71 bits per heavy atom. The van der Waals surface area contributed by atoms with Crippen molar-refractivity contribution in [2.75, 3.05) is 24.6 Å². The van der Waals surface area contributed by atoms with Crippen LogP contribution in [0.4, 0.5) is 5.69 Å². The molecule has 1 aliphatic rings. The first-order valence-corrected chi connectivity index (χ1v) is 8.87. The third-order valence-electron chi connectivity index (χ3n) is 4.34. The van der Waals surface area contributed by atoms with E-state index in [-0.39, 0.29) is 6.61 Å². The van der Waals surface area contributed by atoms with Gasteiger partial charge in [-0.25, -0.2) is 0 Å². The molecular weight excluding hydrogens is 328 g/mol. The Hall–Kier alpha value is -0.580. The van der Waals surface area contributed by atoms with E-state index in [9.17, 15) is 5.11 Å². The highest BCUT2D eigenvalue weighted by molar-refractivity contribution is 9.10. The number of anilines is 1. The highest BCUT2D eigenvalue weighted by atomic mass is 79.9. The summed E-state index contributed by atoms with van der Waals surface area (Å²) in [5, 5.41) is 12.9. The first-order chi connectivity index (χ1) is 10.2. The fourth-order valence-electron chi connectivity index (χ4n) is 2.81. The minimum absolute atomic E-state index is 0.207. The maximum Gasteiger partial charge on any atom is 0.0606 e. The fraction of sp³-hybridized carbons (Fsp3) is 0.647. The van der Waals surface area contributed by atoms with Gasteiger partial charge in [-0.3, -0.25) is 0 Å². The summed E-state index contributed by atoms with van der Waals surface area (Å²) in [7, 11) is 0. The van der Waals surface area contributed by atoms with Crippen LogP contribution in [0.1, 0.15) is 51.1 Å². The molecule has 1 fully saturated rings. The van der Waals surface area contributed by atoms with Gasteiger partial charge in [-0.1, -0.05) is 13.0 Å². The molecule has 21 heavy (non-hydrogen) atoms. The van der Waals surface area contributed by atoms with Gasteiger partial charge in [-0.15, -0.1) is 0 Å². The number of hydrogen-bond donors (Lipinski definition) is 2. The number of hydrogen-bond acceptors (Lipinski definition) is 3. The summed E-state index contributed by atoms with van der Waals surface area (Å²) < 4.78 is 1.13. The van der Waals surface area contributed by atoms with Gasteiger partial charge >= 0.3 is 0 Å². The largest absolute Gasteiger partial charge is 0.395 e. The van der Waals surface area contributed by atoms with Crippen LogP contribution in [-0.4, -0.2) is 30.8 Å². The molecule has 0 spiro atoms. The average molecular weight is 355 g/mol. The monoisotopic (exact) mass is 354 g/mol. The first-order valence-electron chi connectivity index (χ1n) is 8.07. The lowest BCUT2D eigenvalue weighted by molar-refractivity contribution is 0.283. The van der Waals surface area contributed by atoms with Crippen LogP contribution in [0.2, 0.25) is 0 Å². The third-order valence-corrected chi connectivity index (χ3v) is 4.97. The van der Waals surface area contributed by atoms with Gasteiger partial charge in [-0.2, -0.15) is 0 Å². The van der Waals surface area contributed by atoms with Crippen molar-refractivity contribution < 1.29 is 5.11 Å². The first kappa shape index (κ1) is 16.8. The summed E-state index contributed by atoms with van der Waals surface area (Å²) in [5.41, 5.74) is 2.51. The van der Waals surface area contributed by atoms with Gasteiger partial charge in [0.05, 0.1) is 12.3 Å². The summed E-state index contributed by atoms with van der Waals surface area (Å²) in [4.78, 5) is 2.35. The molecule has 2 N–H and O–H groups in total. The van der Waals surface area contributed by atoms with Gasteiger partial charge in [0.25, 0.3) is 0 Å². The predicted octanol–water partition coefficient (Wildman–Crippen LogP) is 3.86. The summed E-state index contributed by atoms with van der Waals surface area (Å²) in [6.07, 6.45) is 4.93. The number of nitrogens with zero attached hydrogens (tertiary/aromatic N) is 1. The molecule has 1 unspecified atom stereocenters. The van der Waals surface area contributed by atoms with Crippen molar-refractivity contribution in [3.63, 3.8) is 0 Å². The van der Waals surface area contributed by atoms with Crippen LogP contribution in [0, 0.1) is 0 Å². The van der Waals surface area contributed by atoms with E-state index in [1.807, 2.05) is 0 Å². The van der Waals surface area contributed by atoms with Gasteiger partial charge in [0.2, 0.25) is 0 Å². The topological polar surface area (TPSA) is 35.5 Å². The molecular formula is C17H27BrN2O. The minimum Gasteiger partial charge on any atom is -0.395 e. The van der Waals surface area contributed by atoms with Gasteiger partial charge in [-0.05, 0) is 72.8 Å². The van der Waals surface area contributed by atoms with Crippen molar-refractivity contribution in [3.8, 4) is 0 Å². The average Bonchev–Trinajstić information content (AvgIpc) is 2.42.